The first-order valence-corrected chi connectivity index (χ1v) is 6.21. The molecule has 0 radical (unpaired) electrons. The molecule has 0 spiro atoms. The SMILES string of the molecule is O=S([O-])(=[Se])Oc1ccccc1.[Na+]. The molecule has 0 bridgehead atoms. The van der Waals surface area contributed by atoms with Crippen LogP contribution in [-0.2, 0) is 8.42 Å². The second-order valence-electron chi connectivity index (χ2n) is 1.80. The number of benzene rings is 1. The van der Waals surface area contributed by atoms with Crippen LogP contribution in [0.3, 0.4) is 0 Å². The van der Waals surface area contributed by atoms with Gasteiger partial charge in [0, 0.05) is 0 Å². The molecule has 6 heteroatoms. The van der Waals surface area contributed by atoms with E-state index in [1.807, 2.05) is 14.4 Å². The smallest absolute Gasteiger partial charge is 1.00 e. The maximum absolute atomic E-state index is 10.5. The Morgan fingerprint density at radius 1 is 1.33 bits per heavy atom. The zero-order chi connectivity index (χ0) is 8.32. The van der Waals surface area contributed by atoms with Crippen LogP contribution in [-0.4, -0.2) is 23.1 Å². The van der Waals surface area contributed by atoms with Gasteiger partial charge in [-0.25, -0.2) is 0 Å². The van der Waals surface area contributed by atoms with Gasteiger partial charge >= 0.3 is 101 Å². The molecule has 0 aliphatic carbocycles. The van der Waals surface area contributed by atoms with Crippen molar-refractivity contribution in [2.45, 2.75) is 0 Å². The molecular formula is C6H5NaO3SSe. The van der Waals surface area contributed by atoms with Crippen molar-refractivity contribution in [2.75, 3.05) is 0 Å². The minimum Gasteiger partial charge on any atom is 1.00 e. The Labute approximate surface area is 101 Å². The minimum absolute atomic E-state index is 0. The molecule has 12 heavy (non-hydrogen) atoms. The van der Waals surface area contributed by atoms with Crippen LogP contribution < -0.4 is 33.7 Å². The van der Waals surface area contributed by atoms with Gasteiger partial charge in [0.2, 0.25) is 0 Å². The number of hydrogen-bond acceptors (Lipinski definition) is 3. The fraction of sp³-hybridized carbons (Fsp3) is 0. The van der Waals surface area contributed by atoms with E-state index in [1.54, 1.807) is 30.3 Å². The van der Waals surface area contributed by atoms with Gasteiger partial charge in [-0.1, -0.05) is 0 Å². The van der Waals surface area contributed by atoms with Crippen molar-refractivity contribution < 1.29 is 42.5 Å². The monoisotopic (exact) mass is 260 g/mol. The number of para-hydroxylation sites is 1. The molecule has 1 aromatic rings. The summed E-state index contributed by atoms with van der Waals surface area (Å²) in [6.45, 7) is 0. The zero-order valence-electron chi connectivity index (χ0n) is 6.43. The van der Waals surface area contributed by atoms with Crippen LogP contribution in [0, 0.1) is 0 Å². The Hall–Kier alpha value is 0.649. The quantitative estimate of drug-likeness (QED) is 0.551. The van der Waals surface area contributed by atoms with Gasteiger partial charge < -0.3 is 0 Å². The van der Waals surface area contributed by atoms with Crippen LogP contribution in [0.5, 0.6) is 5.75 Å². The first-order valence-electron chi connectivity index (χ1n) is 2.78. The molecule has 0 heterocycles. The van der Waals surface area contributed by atoms with Crippen LogP contribution in [0.15, 0.2) is 30.3 Å². The van der Waals surface area contributed by atoms with E-state index in [-0.39, 0.29) is 29.6 Å². The molecule has 0 aliphatic heterocycles. The van der Waals surface area contributed by atoms with Gasteiger partial charge in [0.25, 0.3) is 0 Å². The van der Waals surface area contributed by atoms with Crippen LogP contribution >= 0.6 is 0 Å². The Morgan fingerprint density at radius 2 is 1.83 bits per heavy atom. The molecule has 0 saturated heterocycles. The van der Waals surface area contributed by atoms with E-state index in [4.69, 9.17) is 0 Å². The Kier molecular flexibility index (Phi) is 5.69. The van der Waals surface area contributed by atoms with Gasteiger partial charge in [-0.2, -0.15) is 0 Å². The van der Waals surface area contributed by atoms with E-state index in [0.717, 1.165) is 0 Å². The van der Waals surface area contributed by atoms with Crippen LogP contribution in [0.1, 0.15) is 0 Å². The average molecular weight is 259 g/mol. The predicted molar refractivity (Wildman–Crippen MR) is 41.7 cm³/mol. The summed E-state index contributed by atoms with van der Waals surface area (Å²) in [6, 6.07) is 8.30. The molecule has 0 fully saturated rings. The summed E-state index contributed by atoms with van der Waals surface area (Å²) >= 11 is 1.91. The van der Waals surface area contributed by atoms with Crippen molar-refractivity contribution in [1.82, 2.24) is 0 Å². The molecule has 0 aliphatic rings. The fourth-order valence-corrected chi connectivity index (χ4v) is 1.44. The van der Waals surface area contributed by atoms with Crippen molar-refractivity contribution in [3.63, 3.8) is 0 Å². The summed E-state index contributed by atoms with van der Waals surface area (Å²) in [5.41, 5.74) is 0. The summed E-state index contributed by atoms with van der Waals surface area (Å²) in [6.07, 6.45) is 0. The molecule has 0 amide bonds. The van der Waals surface area contributed by atoms with Crippen LogP contribution in [0.4, 0.5) is 0 Å². The van der Waals surface area contributed by atoms with Gasteiger partial charge in [-0.05, 0) is 0 Å². The summed E-state index contributed by atoms with van der Waals surface area (Å²) in [5, 5.41) is 0. The first kappa shape index (κ1) is 12.6. The molecule has 0 saturated carbocycles. The van der Waals surface area contributed by atoms with Gasteiger partial charge in [0.15, 0.2) is 0 Å². The Balaban J connectivity index is 0.00000121. The fourth-order valence-electron chi connectivity index (χ4n) is 0.594. The third kappa shape index (κ3) is 5.32. The van der Waals surface area contributed by atoms with E-state index in [9.17, 15) is 8.76 Å². The van der Waals surface area contributed by atoms with Crippen LogP contribution in [0.25, 0.3) is 0 Å². The van der Waals surface area contributed by atoms with Gasteiger partial charge in [-0.3, -0.25) is 0 Å². The van der Waals surface area contributed by atoms with Gasteiger partial charge in [0.1, 0.15) is 0 Å². The summed E-state index contributed by atoms with van der Waals surface area (Å²) < 4.78 is 25.6. The number of rotatable bonds is 2. The van der Waals surface area contributed by atoms with Crippen molar-refractivity contribution >= 4 is 22.8 Å². The molecule has 0 aromatic heterocycles. The van der Waals surface area contributed by atoms with E-state index in [1.165, 1.54) is 0 Å². The van der Waals surface area contributed by atoms with Crippen molar-refractivity contribution in [2.24, 2.45) is 0 Å². The molecule has 1 rings (SSSR count). The Morgan fingerprint density at radius 3 is 2.25 bits per heavy atom. The molecule has 1 aromatic carbocycles. The third-order valence-corrected chi connectivity index (χ3v) is 1.77. The molecule has 1 unspecified atom stereocenters. The third-order valence-electron chi connectivity index (χ3n) is 0.941. The van der Waals surface area contributed by atoms with E-state index in [0.29, 0.717) is 5.75 Å². The van der Waals surface area contributed by atoms with Gasteiger partial charge in [-0.15, -0.1) is 0 Å². The second-order valence-corrected chi connectivity index (χ2v) is 5.36. The molecule has 1 atom stereocenters. The summed E-state index contributed by atoms with van der Waals surface area (Å²) in [7, 11) is -3.50. The maximum atomic E-state index is 10.5. The topological polar surface area (TPSA) is 49.4 Å². The molecule has 60 valence electrons. The van der Waals surface area contributed by atoms with Crippen molar-refractivity contribution in [3.8, 4) is 5.75 Å². The van der Waals surface area contributed by atoms with E-state index < -0.39 is 8.42 Å². The van der Waals surface area contributed by atoms with E-state index in [2.05, 4.69) is 4.18 Å². The van der Waals surface area contributed by atoms with Gasteiger partial charge in [0.05, 0.1) is 0 Å². The predicted octanol–water partition coefficient (Wildman–Crippen LogP) is -2.52. The standard InChI is InChI=1S/C6H6O3SSe.Na/c7-10(8,11)9-6-4-2-1-3-5-6;/h1-5H,(H,7,8,11);/q;+1/p-1. The summed E-state index contributed by atoms with van der Waals surface area (Å²) in [5.74, 6) is 0.311. The zero-order valence-corrected chi connectivity index (χ0v) is 11.0. The minimum atomic E-state index is -3.50. The normalized spacial score (nSPS) is 14.1. The van der Waals surface area contributed by atoms with E-state index >= 15 is 0 Å². The molecule has 3 nitrogen and oxygen atoms in total. The Bertz CT molecular complexity index is 324. The maximum Gasteiger partial charge on any atom is 1.00 e. The molecule has 0 N–H and O–H groups in total. The van der Waals surface area contributed by atoms with Crippen molar-refractivity contribution in [3.05, 3.63) is 30.3 Å². The molecular weight excluding hydrogens is 254 g/mol. The largest absolute Gasteiger partial charge is 1.00 e. The second kappa shape index (κ2) is 5.39. The average Bonchev–Trinajstić information content (AvgIpc) is 1.85. The number of hydrogen-bond donors (Lipinski definition) is 0. The first-order chi connectivity index (χ1) is 5.08. The van der Waals surface area contributed by atoms with Crippen molar-refractivity contribution in [1.29, 1.82) is 0 Å². The summed E-state index contributed by atoms with van der Waals surface area (Å²) in [4.78, 5) is 0. The van der Waals surface area contributed by atoms with Crippen LogP contribution in [0.2, 0.25) is 0 Å².